The van der Waals surface area contributed by atoms with Crippen LogP contribution in [0.25, 0.3) is 110 Å². The van der Waals surface area contributed by atoms with Gasteiger partial charge in [0.1, 0.15) is 0 Å². The van der Waals surface area contributed by atoms with E-state index in [4.69, 9.17) is 9.97 Å². The van der Waals surface area contributed by atoms with Gasteiger partial charge in [-0.3, -0.25) is 4.57 Å². The van der Waals surface area contributed by atoms with Crippen LogP contribution in [0.2, 0.25) is 0 Å². The van der Waals surface area contributed by atoms with Crippen molar-refractivity contribution in [1.82, 2.24) is 19.1 Å². The van der Waals surface area contributed by atoms with E-state index in [2.05, 4.69) is 215 Å². The Morgan fingerprint density at radius 1 is 0.328 bits per heavy atom. The molecule has 0 N–H and O–H groups in total. The molecule has 3 heterocycles. The number of hydrogen-bond acceptors (Lipinski definition) is 2. The van der Waals surface area contributed by atoms with Crippen LogP contribution < -0.4 is 0 Å². The summed E-state index contributed by atoms with van der Waals surface area (Å²) in [6.07, 6.45) is 0. The normalized spacial score (nSPS) is 11.8. The molecule has 58 heavy (non-hydrogen) atoms. The summed E-state index contributed by atoms with van der Waals surface area (Å²) in [7, 11) is 0. The molecule has 12 aromatic rings. The number of benzene rings is 9. The average molecular weight is 739 g/mol. The third-order valence-electron chi connectivity index (χ3n) is 11.7. The fourth-order valence-electron chi connectivity index (χ4n) is 9.09. The fraction of sp³-hybridized carbons (Fsp3) is 0. The number of fused-ring (bicyclic) bond motifs is 9. The third kappa shape index (κ3) is 4.95. The Bertz CT molecular complexity index is 3540. The minimum atomic E-state index is 0.647. The smallest absolute Gasteiger partial charge is 0.235 e. The Balaban J connectivity index is 1.12. The maximum atomic E-state index is 5.50. The molecule has 0 spiro atoms. The van der Waals surface area contributed by atoms with E-state index in [9.17, 15) is 0 Å². The van der Waals surface area contributed by atoms with Crippen LogP contribution in [0.3, 0.4) is 0 Å². The van der Waals surface area contributed by atoms with Gasteiger partial charge in [0.2, 0.25) is 5.95 Å². The summed E-state index contributed by atoms with van der Waals surface area (Å²) in [4.78, 5) is 11.0. The van der Waals surface area contributed by atoms with E-state index in [1.165, 1.54) is 43.9 Å². The standard InChI is InChI=1S/C54H34N4/c1-3-14-35(15-4-1)36-26-28-38(29-27-36)52-46-33-30-37-16-7-8-19-42(37)53(46)56-54(55-52)58-47-23-11-9-20-43(47)44-32-31-39(34-50(44)58)41-22-13-25-49-51(41)45-21-10-12-24-48(45)57(49)40-17-5-2-6-18-40/h1-34H. The topological polar surface area (TPSA) is 35.6 Å². The maximum absolute atomic E-state index is 5.50. The summed E-state index contributed by atoms with van der Waals surface area (Å²) in [6.45, 7) is 0. The molecule has 4 nitrogen and oxygen atoms in total. The molecule has 270 valence electrons. The van der Waals surface area contributed by atoms with Crippen molar-refractivity contribution in [2.24, 2.45) is 0 Å². The molecule has 0 unspecified atom stereocenters. The highest BCUT2D eigenvalue weighted by Gasteiger charge is 2.21. The van der Waals surface area contributed by atoms with Crippen molar-refractivity contribution < 1.29 is 0 Å². The van der Waals surface area contributed by atoms with Crippen LogP contribution in [-0.2, 0) is 0 Å². The van der Waals surface area contributed by atoms with Crippen LogP contribution in [0.15, 0.2) is 206 Å². The van der Waals surface area contributed by atoms with Gasteiger partial charge in [-0.2, -0.15) is 0 Å². The molecule has 0 aliphatic rings. The van der Waals surface area contributed by atoms with Crippen molar-refractivity contribution in [3.63, 3.8) is 0 Å². The monoisotopic (exact) mass is 738 g/mol. The number of aromatic nitrogens is 4. The highest BCUT2D eigenvalue weighted by Crippen LogP contribution is 2.41. The Morgan fingerprint density at radius 3 is 1.72 bits per heavy atom. The van der Waals surface area contributed by atoms with E-state index in [-0.39, 0.29) is 0 Å². The second-order valence-corrected chi connectivity index (χ2v) is 15.0. The highest BCUT2D eigenvalue weighted by atomic mass is 15.2. The number of nitrogens with zero attached hydrogens (tertiary/aromatic N) is 4. The van der Waals surface area contributed by atoms with E-state index in [1.54, 1.807) is 0 Å². The zero-order valence-corrected chi connectivity index (χ0v) is 31.4. The lowest BCUT2D eigenvalue weighted by Crippen LogP contribution is -2.04. The molecule has 0 amide bonds. The second-order valence-electron chi connectivity index (χ2n) is 15.0. The van der Waals surface area contributed by atoms with Gasteiger partial charge in [0.15, 0.2) is 0 Å². The minimum Gasteiger partial charge on any atom is -0.309 e. The molecule has 12 rings (SSSR count). The van der Waals surface area contributed by atoms with Crippen molar-refractivity contribution in [3.8, 4) is 45.1 Å². The van der Waals surface area contributed by atoms with E-state index in [0.717, 1.165) is 60.6 Å². The largest absolute Gasteiger partial charge is 0.309 e. The molecule has 0 fully saturated rings. The molecule has 0 saturated heterocycles. The van der Waals surface area contributed by atoms with Gasteiger partial charge in [-0.25, -0.2) is 9.97 Å². The molecule has 3 aromatic heterocycles. The first-order valence-corrected chi connectivity index (χ1v) is 19.8. The predicted molar refractivity (Wildman–Crippen MR) is 242 cm³/mol. The molecule has 0 saturated carbocycles. The fourth-order valence-corrected chi connectivity index (χ4v) is 9.09. The van der Waals surface area contributed by atoms with Crippen LogP contribution in [0.1, 0.15) is 0 Å². The van der Waals surface area contributed by atoms with Crippen molar-refractivity contribution in [2.45, 2.75) is 0 Å². The number of rotatable bonds is 5. The lowest BCUT2D eigenvalue weighted by atomic mass is 9.98. The van der Waals surface area contributed by atoms with Crippen LogP contribution in [-0.4, -0.2) is 19.1 Å². The average Bonchev–Trinajstić information content (AvgIpc) is 3.82. The van der Waals surface area contributed by atoms with Crippen molar-refractivity contribution in [3.05, 3.63) is 206 Å². The Kier molecular flexibility index (Phi) is 7.20. The Hall–Kier alpha value is -7.82. The summed E-state index contributed by atoms with van der Waals surface area (Å²) in [5, 5.41) is 8.07. The van der Waals surface area contributed by atoms with Crippen LogP contribution in [0, 0.1) is 0 Å². The van der Waals surface area contributed by atoms with Gasteiger partial charge in [0.05, 0.1) is 33.3 Å². The molecule has 0 atom stereocenters. The van der Waals surface area contributed by atoms with Gasteiger partial charge in [0, 0.05) is 43.6 Å². The Morgan fingerprint density at radius 2 is 0.914 bits per heavy atom. The lowest BCUT2D eigenvalue weighted by molar-refractivity contribution is 1.02. The number of hydrogen-bond donors (Lipinski definition) is 0. The van der Waals surface area contributed by atoms with E-state index < -0.39 is 0 Å². The van der Waals surface area contributed by atoms with Gasteiger partial charge in [-0.15, -0.1) is 0 Å². The quantitative estimate of drug-likeness (QED) is 0.165. The van der Waals surface area contributed by atoms with Crippen molar-refractivity contribution >= 4 is 65.3 Å². The Labute approximate surface area is 334 Å². The summed E-state index contributed by atoms with van der Waals surface area (Å²) < 4.78 is 4.65. The van der Waals surface area contributed by atoms with Gasteiger partial charge in [0.25, 0.3) is 0 Å². The van der Waals surface area contributed by atoms with Gasteiger partial charge in [-0.1, -0.05) is 164 Å². The molecular formula is C54H34N4. The summed E-state index contributed by atoms with van der Waals surface area (Å²) in [6, 6.07) is 73.8. The van der Waals surface area contributed by atoms with Crippen LogP contribution in [0.4, 0.5) is 0 Å². The highest BCUT2D eigenvalue weighted by molar-refractivity contribution is 6.17. The first kappa shape index (κ1) is 32.4. The molecule has 0 radical (unpaired) electrons. The van der Waals surface area contributed by atoms with Gasteiger partial charge >= 0.3 is 0 Å². The molecule has 4 heteroatoms. The molecule has 9 aromatic carbocycles. The molecule has 0 aliphatic heterocycles. The molecular weight excluding hydrogens is 705 g/mol. The molecule has 0 aliphatic carbocycles. The number of para-hydroxylation sites is 3. The zero-order valence-electron chi connectivity index (χ0n) is 31.4. The van der Waals surface area contributed by atoms with Crippen LogP contribution in [0.5, 0.6) is 0 Å². The first-order valence-electron chi connectivity index (χ1n) is 19.8. The van der Waals surface area contributed by atoms with Crippen LogP contribution >= 0.6 is 0 Å². The molecule has 0 bridgehead atoms. The van der Waals surface area contributed by atoms with E-state index in [0.29, 0.717) is 5.95 Å². The SMILES string of the molecule is c1ccc(-c2ccc(-c3nc(-n4c5ccccc5c5ccc(-c6cccc7c6c6ccccc6n7-c6ccccc6)cc54)nc4c3ccc3ccccc34)cc2)cc1. The van der Waals surface area contributed by atoms with Crippen molar-refractivity contribution in [1.29, 1.82) is 0 Å². The third-order valence-corrected chi connectivity index (χ3v) is 11.7. The predicted octanol–water partition coefficient (Wildman–Crippen LogP) is 14.0. The zero-order chi connectivity index (χ0) is 38.2. The summed E-state index contributed by atoms with van der Waals surface area (Å²) in [5.41, 5.74) is 13.2. The first-order chi connectivity index (χ1) is 28.8. The summed E-state index contributed by atoms with van der Waals surface area (Å²) >= 11 is 0. The van der Waals surface area contributed by atoms with Gasteiger partial charge < -0.3 is 4.57 Å². The maximum Gasteiger partial charge on any atom is 0.235 e. The van der Waals surface area contributed by atoms with E-state index in [1.807, 2.05) is 0 Å². The summed E-state index contributed by atoms with van der Waals surface area (Å²) in [5.74, 6) is 0.647. The van der Waals surface area contributed by atoms with Crippen molar-refractivity contribution in [2.75, 3.05) is 0 Å². The van der Waals surface area contributed by atoms with Gasteiger partial charge in [-0.05, 0) is 70.1 Å². The minimum absolute atomic E-state index is 0.647. The van der Waals surface area contributed by atoms with E-state index >= 15 is 0 Å². The lowest BCUT2D eigenvalue weighted by Gasteiger charge is -2.14. The second kappa shape index (κ2) is 12.9.